The largest absolute Gasteiger partial charge is 0.454 e. The summed E-state index contributed by atoms with van der Waals surface area (Å²) in [5, 5.41) is 5.89. The third kappa shape index (κ3) is 7.23. The van der Waals surface area contributed by atoms with Gasteiger partial charge in [0.05, 0.1) is 0 Å². The Kier molecular flexibility index (Phi) is 8.21. The lowest BCUT2D eigenvalue weighted by molar-refractivity contribution is -0.149. The summed E-state index contributed by atoms with van der Waals surface area (Å²) in [6, 6.07) is 12.8. The molecule has 2 rings (SSSR count). The zero-order valence-electron chi connectivity index (χ0n) is 16.7. The summed E-state index contributed by atoms with van der Waals surface area (Å²) in [5.74, 6) is -1.37. The fourth-order valence-electron chi connectivity index (χ4n) is 2.67. The summed E-state index contributed by atoms with van der Waals surface area (Å²) in [4.78, 5) is 37.0. The van der Waals surface area contributed by atoms with E-state index in [0.29, 0.717) is 22.7 Å². The Hall–Kier alpha value is -2.86. The molecule has 6 nitrogen and oxygen atoms in total. The summed E-state index contributed by atoms with van der Waals surface area (Å²) in [5.41, 5.74) is 1.94. The molecule has 0 aliphatic rings. The van der Waals surface area contributed by atoms with Crippen molar-refractivity contribution in [3.63, 3.8) is 0 Å². The number of esters is 1. The van der Waals surface area contributed by atoms with Crippen LogP contribution in [0.5, 0.6) is 0 Å². The van der Waals surface area contributed by atoms with Crippen molar-refractivity contribution in [2.75, 3.05) is 11.9 Å². The van der Waals surface area contributed by atoms with Gasteiger partial charge in [-0.15, -0.1) is 0 Å². The Balaban J connectivity index is 1.95. The number of amides is 2. The summed E-state index contributed by atoms with van der Waals surface area (Å²) < 4.78 is 5.15. The Bertz CT molecular complexity index is 865. The van der Waals surface area contributed by atoms with Crippen molar-refractivity contribution in [3.8, 4) is 0 Å². The van der Waals surface area contributed by atoms with Gasteiger partial charge in [0.1, 0.15) is 6.04 Å². The van der Waals surface area contributed by atoms with Gasteiger partial charge in [-0.05, 0) is 55.2 Å². The van der Waals surface area contributed by atoms with Gasteiger partial charge in [0, 0.05) is 16.3 Å². The number of carbonyl (C=O) groups is 3. The van der Waals surface area contributed by atoms with Crippen molar-refractivity contribution in [1.82, 2.24) is 5.32 Å². The van der Waals surface area contributed by atoms with Crippen LogP contribution < -0.4 is 10.6 Å². The molecule has 2 aromatic carbocycles. The minimum absolute atomic E-state index is 0.138. The molecule has 154 valence electrons. The van der Waals surface area contributed by atoms with E-state index in [4.69, 9.17) is 16.3 Å². The molecule has 0 aromatic heterocycles. The first-order chi connectivity index (χ1) is 13.8. The standard InChI is InChI=1S/C22H25ClN2O4/c1-14(2)12-19(25-21(27)16-8-10-17(23)11-9-16)22(28)29-13-20(26)24-18-7-5-4-6-15(18)3/h4-11,14,19H,12-13H2,1-3H3,(H,24,26)(H,25,27)/t19-/m1/s1. The van der Waals surface area contributed by atoms with E-state index < -0.39 is 30.4 Å². The maximum absolute atomic E-state index is 12.5. The van der Waals surface area contributed by atoms with Gasteiger partial charge in [0.25, 0.3) is 11.8 Å². The first kappa shape index (κ1) is 22.4. The van der Waals surface area contributed by atoms with Crippen LogP contribution in [0, 0.1) is 12.8 Å². The van der Waals surface area contributed by atoms with Gasteiger partial charge in [-0.3, -0.25) is 9.59 Å². The second-order valence-corrected chi connectivity index (χ2v) is 7.57. The number of rotatable bonds is 8. The molecule has 2 aromatic rings. The molecule has 29 heavy (non-hydrogen) atoms. The molecular weight excluding hydrogens is 392 g/mol. The van der Waals surface area contributed by atoms with E-state index in [1.807, 2.05) is 32.9 Å². The van der Waals surface area contributed by atoms with Crippen molar-refractivity contribution >= 4 is 35.1 Å². The Morgan fingerprint density at radius 2 is 1.69 bits per heavy atom. The highest BCUT2D eigenvalue weighted by molar-refractivity contribution is 6.30. The van der Waals surface area contributed by atoms with Crippen LogP contribution >= 0.6 is 11.6 Å². The minimum Gasteiger partial charge on any atom is -0.454 e. The highest BCUT2D eigenvalue weighted by atomic mass is 35.5. The molecule has 0 saturated carbocycles. The first-order valence-electron chi connectivity index (χ1n) is 9.34. The van der Waals surface area contributed by atoms with Gasteiger partial charge in [-0.1, -0.05) is 43.6 Å². The number of hydrogen-bond acceptors (Lipinski definition) is 4. The van der Waals surface area contributed by atoms with Crippen molar-refractivity contribution < 1.29 is 19.1 Å². The molecule has 0 saturated heterocycles. The third-order valence-electron chi connectivity index (χ3n) is 4.17. The quantitative estimate of drug-likeness (QED) is 0.637. The van der Waals surface area contributed by atoms with Gasteiger partial charge < -0.3 is 15.4 Å². The lowest BCUT2D eigenvalue weighted by Gasteiger charge is -2.19. The minimum atomic E-state index is -0.857. The second-order valence-electron chi connectivity index (χ2n) is 7.13. The molecule has 2 N–H and O–H groups in total. The fourth-order valence-corrected chi connectivity index (χ4v) is 2.79. The van der Waals surface area contributed by atoms with Gasteiger partial charge >= 0.3 is 5.97 Å². The van der Waals surface area contributed by atoms with Gasteiger partial charge in [-0.2, -0.15) is 0 Å². The topological polar surface area (TPSA) is 84.5 Å². The molecule has 2 amide bonds. The number of nitrogens with one attached hydrogen (secondary N) is 2. The van der Waals surface area contributed by atoms with E-state index in [-0.39, 0.29) is 5.92 Å². The molecule has 0 unspecified atom stereocenters. The number of para-hydroxylation sites is 1. The molecule has 0 fully saturated rings. The summed E-state index contributed by atoms with van der Waals surface area (Å²) in [6.45, 7) is 5.30. The highest BCUT2D eigenvalue weighted by Crippen LogP contribution is 2.14. The Morgan fingerprint density at radius 3 is 2.31 bits per heavy atom. The van der Waals surface area contributed by atoms with Gasteiger partial charge in [0.2, 0.25) is 0 Å². The monoisotopic (exact) mass is 416 g/mol. The predicted molar refractivity (Wildman–Crippen MR) is 113 cm³/mol. The third-order valence-corrected chi connectivity index (χ3v) is 4.42. The number of aryl methyl sites for hydroxylation is 1. The number of anilines is 1. The van der Waals surface area contributed by atoms with Crippen LogP contribution in [0.15, 0.2) is 48.5 Å². The van der Waals surface area contributed by atoms with Gasteiger partial charge in [-0.25, -0.2) is 4.79 Å². The second kappa shape index (κ2) is 10.6. The van der Waals surface area contributed by atoms with Crippen LogP contribution in [0.3, 0.4) is 0 Å². The molecule has 0 aliphatic heterocycles. The highest BCUT2D eigenvalue weighted by Gasteiger charge is 2.24. The summed E-state index contributed by atoms with van der Waals surface area (Å²) >= 11 is 5.84. The molecule has 0 aliphatic carbocycles. The molecule has 7 heteroatoms. The lowest BCUT2D eigenvalue weighted by atomic mass is 10.0. The fraction of sp³-hybridized carbons (Fsp3) is 0.318. The van der Waals surface area contributed by atoms with Crippen LogP contribution in [-0.2, 0) is 14.3 Å². The van der Waals surface area contributed by atoms with E-state index in [0.717, 1.165) is 5.56 Å². The lowest BCUT2D eigenvalue weighted by Crippen LogP contribution is -2.43. The van der Waals surface area contributed by atoms with E-state index in [1.54, 1.807) is 36.4 Å². The molecule has 0 spiro atoms. The summed E-state index contributed by atoms with van der Waals surface area (Å²) in [6.07, 6.45) is 0.386. The van der Waals surface area contributed by atoms with Crippen molar-refractivity contribution in [2.45, 2.75) is 33.2 Å². The number of halogens is 1. The zero-order valence-corrected chi connectivity index (χ0v) is 17.5. The average Bonchev–Trinajstić information content (AvgIpc) is 2.67. The Labute approximate surface area is 175 Å². The van der Waals surface area contributed by atoms with Crippen LogP contribution in [0.25, 0.3) is 0 Å². The zero-order chi connectivity index (χ0) is 21.4. The number of benzene rings is 2. The summed E-state index contributed by atoms with van der Waals surface area (Å²) in [7, 11) is 0. The van der Waals surface area contributed by atoms with Crippen LogP contribution in [0.4, 0.5) is 5.69 Å². The number of hydrogen-bond donors (Lipinski definition) is 2. The van der Waals surface area contributed by atoms with Crippen molar-refractivity contribution in [2.24, 2.45) is 5.92 Å². The Morgan fingerprint density at radius 1 is 1.03 bits per heavy atom. The van der Waals surface area contributed by atoms with Crippen LogP contribution in [0.2, 0.25) is 5.02 Å². The number of carbonyl (C=O) groups excluding carboxylic acids is 3. The predicted octanol–water partition coefficient (Wildman–Crippen LogP) is 3.97. The van der Waals surface area contributed by atoms with E-state index >= 15 is 0 Å². The maximum atomic E-state index is 12.5. The van der Waals surface area contributed by atoms with Crippen LogP contribution in [-0.4, -0.2) is 30.4 Å². The molecule has 0 heterocycles. The average molecular weight is 417 g/mol. The van der Waals surface area contributed by atoms with E-state index in [9.17, 15) is 14.4 Å². The molecule has 1 atom stereocenters. The smallest absolute Gasteiger partial charge is 0.329 e. The number of ether oxygens (including phenoxy) is 1. The molecule has 0 radical (unpaired) electrons. The SMILES string of the molecule is Cc1ccccc1NC(=O)COC(=O)[C@@H](CC(C)C)NC(=O)c1ccc(Cl)cc1. The van der Waals surface area contributed by atoms with E-state index in [2.05, 4.69) is 10.6 Å². The normalized spacial score (nSPS) is 11.6. The van der Waals surface area contributed by atoms with Gasteiger partial charge in [0.15, 0.2) is 6.61 Å². The van der Waals surface area contributed by atoms with Crippen LogP contribution in [0.1, 0.15) is 36.2 Å². The van der Waals surface area contributed by atoms with E-state index in [1.165, 1.54) is 0 Å². The molecular formula is C22H25ClN2O4. The van der Waals surface area contributed by atoms with Crippen molar-refractivity contribution in [3.05, 3.63) is 64.7 Å². The first-order valence-corrected chi connectivity index (χ1v) is 9.72. The van der Waals surface area contributed by atoms with Crippen molar-refractivity contribution in [1.29, 1.82) is 0 Å². The maximum Gasteiger partial charge on any atom is 0.329 e. The molecule has 0 bridgehead atoms.